The van der Waals surface area contributed by atoms with Gasteiger partial charge in [0.15, 0.2) is 0 Å². The number of nitrogens with one attached hydrogen (secondary N) is 1. The third-order valence-electron chi connectivity index (χ3n) is 2.72. The molecule has 0 aliphatic carbocycles. The topological polar surface area (TPSA) is 81.0 Å². The van der Waals surface area contributed by atoms with E-state index >= 15 is 0 Å². The van der Waals surface area contributed by atoms with Crippen LogP contribution in [0.5, 0.6) is 0 Å². The van der Waals surface area contributed by atoms with E-state index < -0.39 is 4.92 Å². The molecule has 0 aliphatic heterocycles. The van der Waals surface area contributed by atoms with Crippen molar-refractivity contribution in [3.63, 3.8) is 0 Å². The fourth-order valence-electron chi connectivity index (χ4n) is 1.65. The van der Waals surface area contributed by atoms with Crippen LogP contribution < -0.4 is 5.32 Å². The molecule has 0 bridgehead atoms. The van der Waals surface area contributed by atoms with Crippen LogP contribution in [-0.2, 0) is 6.42 Å². The van der Waals surface area contributed by atoms with Gasteiger partial charge in [-0.3, -0.25) is 10.1 Å². The second kappa shape index (κ2) is 5.85. The molecule has 0 aliphatic rings. The van der Waals surface area contributed by atoms with Crippen LogP contribution in [0.4, 0.5) is 5.69 Å². The number of likely N-dealkylation sites (N-methyl/N-ethyl adjacent to an activating group) is 1. The average molecular weight is 278 g/mol. The Balaban J connectivity index is 2.32. The van der Waals surface area contributed by atoms with Crippen molar-refractivity contribution < 1.29 is 4.92 Å². The lowest BCUT2D eigenvalue weighted by Crippen LogP contribution is -2.09. The van der Waals surface area contributed by atoms with E-state index in [-0.39, 0.29) is 5.69 Å². The van der Waals surface area contributed by atoms with Crippen LogP contribution in [0.1, 0.15) is 10.6 Å². The van der Waals surface area contributed by atoms with E-state index in [1.165, 1.54) is 17.4 Å². The van der Waals surface area contributed by atoms with Gasteiger partial charge in [-0.25, -0.2) is 0 Å². The number of rotatable bonds is 5. The van der Waals surface area contributed by atoms with Crippen molar-refractivity contribution in [2.45, 2.75) is 13.3 Å². The predicted molar refractivity (Wildman–Crippen MR) is 74.4 cm³/mol. The van der Waals surface area contributed by atoms with Crippen molar-refractivity contribution >= 4 is 17.0 Å². The molecule has 0 amide bonds. The van der Waals surface area contributed by atoms with E-state index in [1.807, 2.05) is 14.0 Å². The van der Waals surface area contributed by atoms with E-state index in [1.54, 1.807) is 12.1 Å². The Hall–Kier alpha value is -1.86. The maximum atomic E-state index is 10.8. The van der Waals surface area contributed by atoms with Gasteiger partial charge in [-0.1, -0.05) is 17.4 Å². The molecule has 2 aromatic rings. The molecular weight excluding hydrogens is 264 g/mol. The minimum Gasteiger partial charge on any atom is -0.319 e. The molecule has 0 radical (unpaired) electrons. The lowest BCUT2D eigenvalue weighted by atomic mass is 10.1. The Morgan fingerprint density at radius 3 is 2.89 bits per heavy atom. The lowest BCUT2D eigenvalue weighted by molar-refractivity contribution is -0.384. The van der Waals surface area contributed by atoms with Crippen molar-refractivity contribution in [1.29, 1.82) is 0 Å². The Morgan fingerprint density at radius 2 is 2.21 bits per heavy atom. The fraction of sp³-hybridized carbons (Fsp3) is 0.333. The second-order valence-corrected chi connectivity index (χ2v) is 5.17. The minimum atomic E-state index is -0.397. The van der Waals surface area contributed by atoms with Crippen LogP contribution in [0.3, 0.4) is 0 Å². The van der Waals surface area contributed by atoms with Crippen LogP contribution in [0.25, 0.3) is 10.6 Å². The first kappa shape index (κ1) is 13.6. The molecule has 1 aromatic carbocycles. The molecule has 0 unspecified atom stereocenters. The summed E-state index contributed by atoms with van der Waals surface area (Å²) in [5.74, 6) is 0. The molecule has 2 rings (SSSR count). The monoisotopic (exact) mass is 278 g/mol. The van der Waals surface area contributed by atoms with Crippen molar-refractivity contribution in [3.8, 4) is 10.6 Å². The summed E-state index contributed by atoms with van der Waals surface area (Å²) in [4.78, 5) is 10.4. The molecule has 6 nitrogen and oxygen atoms in total. The van der Waals surface area contributed by atoms with Crippen LogP contribution in [-0.4, -0.2) is 28.7 Å². The van der Waals surface area contributed by atoms with Gasteiger partial charge in [-0.05, 0) is 19.5 Å². The van der Waals surface area contributed by atoms with Gasteiger partial charge >= 0.3 is 0 Å². The normalized spacial score (nSPS) is 10.6. The Bertz CT molecular complexity index is 597. The van der Waals surface area contributed by atoms with Crippen LogP contribution in [0, 0.1) is 17.0 Å². The first-order chi connectivity index (χ1) is 9.11. The molecule has 0 fully saturated rings. The largest absolute Gasteiger partial charge is 0.319 e. The Labute approximate surface area is 114 Å². The number of hydrogen-bond donors (Lipinski definition) is 1. The summed E-state index contributed by atoms with van der Waals surface area (Å²) in [6.07, 6.45) is 0.808. The first-order valence-electron chi connectivity index (χ1n) is 5.84. The number of nitro groups is 1. The Morgan fingerprint density at radius 1 is 1.42 bits per heavy atom. The summed E-state index contributed by atoms with van der Waals surface area (Å²) >= 11 is 1.48. The number of non-ortho nitro benzene ring substituents is 1. The fourth-order valence-corrected chi connectivity index (χ4v) is 2.57. The van der Waals surface area contributed by atoms with Gasteiger partial charge in [-0.15, -0.1) is 10.2 Å². The minimum absolute atomic E-state index is 0.0765. The summed E-state index contributed by atoms with van der Waals surface area (Å²) in [7, 11) is 1.88. The highest BCUT2D eigenvalue weighted by molar-refractivity contribution is 7.14. The van der Waals surface area contributed by atoms with E-state index in [0.717, 1.165) is 34.1 Å². The predicted octanol–water partition coefficient (Wildman–Crippen LogP) is 2.18. The van der Waals surface area contributed by atoms with E-state index in [4.69, 9.17) is 0 Å². The summed E-state index contributed by atoms with van der Waals surface area (Å²) in [5.41, 5.74) is 1.82. The van der Waals surface area contributed by atoms with E-state index in [9.17, 15) is 10.1 Å². The van der Waals surface area contributed by atoms with Crippen molar-refractivity contribution in [3.05, 3.63) is 38.9 Å². The van der Waals surface area contributed by atoms with Crippen molar-refractivity contribution in [2.24, 2.45) is 0 Å². The quantitative estimate of drug-likeness (QED) is 0.669. The summed E-state index contributed by atoms with van der Waals surface area (Å²) < 4.78 is 0. The smallest absolute Gasteiger partial charge is 0.270 e. The standard InChI is InChI=1S/C12H14N4O2S/c1-8-3-4-9(16(17)18)7-10(8)12-15-14-11(19-12)5-6-13-2/h3-4,7,13H,5-6H2,1-2H3. The molecule has 0 spiro atoms. The highest BCUT2D eigenvalue weighted by atomic mass is 32.1. The van der Waals surface area contributed by atoms with Gasteiger partial charge < -0.3 is 5.32 Å². The van der Waals surface area contributed by atoms with E-state index in [0.29, 0.717) is 0 Å². The number of nitro benzene ring substituents is 1. The molecule has 0 saturated heterocycles. The van der Waals surface area contributed by atoms with Crippen LogP contribution in [0.2, 0.25) is 0 Å². The van der Waals surface area contributed by atoms with Gasteiger partial charge in [0, 0.05) is 30.7 Å². The van der Waals surface area contributed by atoms with Gasteiger partial charge in [0.05, 0.1) is 4.92 Å². The molecule has 0 saturated carbocycles. The van der Waals surface area contributed by atoms with Gasteiger partial charge in [0.25, 0.3) is 5.69 Å². The Kier molecular flexibility index (Phi) is 4.18. The molecule has 19 heavy (non-hydrogen) atoms. The number of benzene rings is 1. The lowest BCUT2D eigenvalue weighted by Gasteiger charge is -2.00. The molecule has 1 aromatic heterocycles. The maximum absolute atomic E-state index is 10.8. The number of aromatic nitrogens is 2. The van der Waals surface area contributed by atoms with Gasteiger partial charge in [0.1, 0.15) is 10.0 Å². The zero-order chi connectivity index (χ0) is 13.8. The highest BCUT2D eigenvalue weighted by Gasteiger charge is 2.13. The van der Waals surface area contributed by atoms with Gasteiger partial charge in [-0.2, -0.15) is 0 Å². The number of aryl methyl sites for hydroxylation is 1. The SMILES string of the molecule is CNCCc1nnc(-c2cc([N+](=O)[O-])ccc2C)s1. The third-order valence-corrected chi connectivity index (χ3v) is 3.73. The highest BCUT2D eigenvalue weighted by Crippen LogP contribution is 2.29. The van der Waals surface area contributed by atoms with Gasteiger partial charge in [0.2, 0.25) is 0 Å². The average Bonchev–Trinajstić information content (AvgIpc) is 2.85. The van der Waals surface area contributed by atoms with Crippen molar-refractivity contribution in [1.82, 2.24) is 15.5 Å². The third kappa shape index (κ3) is 3.12. The zero-order valence-corrected chi connectivity index (χ0v) is 11.5. The first-order valence-corrected chi connectivity index (χ1v) is 6.66. The molecule has 1 heterocycles. The maximum Gasteiger partial charge on any atom is 0.270 e. The van der Waals surface area contributed by atoms with Crippen LogP contribution >= 0.6 is 11.3 Å². The zero-order valence-electron chi connectivity index (χ0n) is 10.7. The summed E-state index contributed by atoms with van der Waals surface area (Å²) in [6, 6.07) is 4.79. The number of hydrogen-bond acceptors (Lipinski definition) is 6. The molecule has 7 heteroatoms. The molecule has 0 atom stereocenters. The molecule has 1 N–H and O–H groups in total. The second-order valence-electron chi connectivity index (χ2n) is 4.11. The van der Waals surface area contributed by atoms with Crippen molar-refractivity contribution in [2.75, 3.05) is 13.6 Å². The number of nitrogens with zero attached hydrogens (tertiary/aromatic N) is 3. The summed E-state index contributed by atoms with van der Waals surface area (Å²) in [6.45, 7) is 2.75. The summed E-state index contributed by atoms with van der Waals surface area (Å²) in [5, 5.41) is 23.7. The van der Waals surface area contributed by atoms with Crippen LogP contribution in [0.15, 0.2) is 18.2 Å². The van der Waals surface area contributed by atoms with E-state index in [2.05, 4.69) is 15.5 Å². The molecule has 100 valence electrons. The molecular formula is C12H14N4O2S.